The molecule has 2 rings (SSSR count). The van der Waals surface area contributed by atoms with Crippen molar-refractivity contribution in [3.05, 3.63) is 65.7 Å². The Balaban J connectivity index is 2.35. The molecule has 0 saturated carbocycles. The maximum absolute atomic E-state index is 12.5. The van der Waals surface area contributed by atoms with Crippen molar-refractivity contribution in [1.29, 1.82) is 0 Å². The summed E-state index contributed by atoms with van der Waals surface area (Å²) in [5.74, 6) is -1.07. The second-order valence-corrected chi connectivity index (χ2v) is 6.63. The third-order valence-electron chi connectivity index (χ3n) is 3.26. The molecule has 2 aromatic rings. The first-order valence-electron chi connectivity index (χ1n) is 6.75. The molecule has 0 heterocycles. The summed E-state index contributed by atoms with van der Waals surface area (Å²) in [4.78, 5) is 11.2. The lowest BCUT2D eigenvalue weighted by molar-refractivity contribution is -0.137. The first kappa shape index (κ1) is 16.2. The van der Waals surface area contributed by atoms with E-state index in [4.69, 9.17) is 5.11 Å². The molecule has 0 aromatic heterocycles. The highest BCUT2D eigenvalue weighted by Gasteiger charge is 2.24. The van der Waals surface area contributed by atoms with E-state index in [2.05, 4.69) is 4.72 Å². The molecule has 5 nitrogen and oxygen atoms in total. The minimum Gasteiger partial charge on any atom is -0.481 e. The standard InChI is InChI=1S/C16H17NO4S/c1-12-7-5-6-10-15(12)22(20,21)17-14(11-16(18)19)13-8-3-2-4-9-13/h2-10,14,17H,11H2,1H3,(H,18,19)/t14-/m1/s1. The van der Waals surface area contributed by atoms with Crippen molar-refractivity contribution in [1.82, 2.24) is 4.72 Å². The van der Waals surface area contributed by atoms with Crippen LogP contribution in [0.2, 0.25) is 0 Å². The van der Waals surface area contributed by atoms with Gasteiger partial charge in [-0.25, -0.2) is 13.1 Å². The lowest BCUT2D eigenvalue weighted by Crippen LogP contribution is -2.30. The van der Waals surface area contributed by atoms with Gasteiger partial charge >= 0.3 is 5.97 Å². The molecule has 0 fully saturated rings. The average molecular weight is 319 g/mol. The van der Waals surface area contributed by atoms with Gasteiger partial charge in [-0.2, -0.15) is 0 Å². The van der Waals surface area contributed by atoms with Gasteiger partial charge in [0.15, 0.2) is 0 Å². The largest absolute Gasteiger partial charge is 0.481 e. The van der Waals surface area contributed by atoms with Crippen molar-refractivity contribution < 1.29 is 18.3 Å². The van der Waals surface area contributed by atoms with Crippen molar-refractivity contribution in [2.75, 3.05) is 0 Å². The maximum Gasteiger partial charge on any atom is 0.305 e. The smallest absolute Gasteiger partial charge is 0.305 e. The van der Waals surface area contributed by atoms with E-state index in [1.165, 1.54) is 6.07 Å². The Morgan fingerprint density at radius 1 is 1.09 bits per heavy atom. The van der Waals surface area contributed by atoms with Crippen LogP contribution in [0.15, 0.2) is 59.5 Å². The number of sulfonamides is 1. The Morgan fingerprint density at radius 3 is 2.27 bits per heavy atom. The van der Waals surface area contributed by atoms with Crippen LogP contribution < -0.4 is 4.72 Å². The second kappa shape index (κ2) is 6.72. The number of rotatable bonds is 6. The van der Waals surface area contributed by atoms with Gasteiger partial charge < -0.3 is 5.11 Å². The molecule has 0 radical (unpaired) electrons. The first-order valence-corrected chi connectivity index (χ1v) is 8.23. The van der Waals surface area contributed by atoms with Gasteiger partial charge in [-0.05, 0) is 24.1 Å². The predicted octanol–water partition coefficient (Wildman–Crippen LogP) is 2.49. The number of carbonyl (C=O) groups is 1. The molecule has 116 valence electrons. The van der Waals surface area contributed by atoms with E-state index in [-0.39, 0.29) is 11.3 Å². The zero-order chi connectivity index (χ0) is 16.2. The summed E-state index contributed by atoms with van der Waals surface area (Å²) in [6.07, 6.45) is -0.324. The van der Waals surface area contributed by atoms with Gasteiger partial charge in [0.05, 0.1) is 17.4 Å². The van der Waals surface area contributed by atoms with E-state index in [9.17, 15) is 13.2 Å². The molecule has 0 aliphatic rings. The fourth-order valence-electron chi connectivity index (χ4n) is 2.20. The van der Waals surface area contributed by atoms with Gasteiger partial charge in [0.2, 0.25) is 10.0 Å². The second-order valence-electron chi connectivity index (χ2n) is 4.95. The molecule has 1 atom stereocenters. The minimum atomic E-state index is -3.80. The highest BCUT2D eigenvalue weighted by molar-refractivity contribution is 7.89. The number of hydrogen-bond acceptors (Lipinski definition) is 3. The van der Waals surface area contributed by atoms with Gasteiger partial charge in [0.25, 0.3) is 0 Å². The SMILES string of the molecule is Cc1ccccc1S(=O)(=O)N[C@H](CC(=O)O)c1ccccc1. The molecular formula is C16H17NO4S. The third-order valence-corrected chi connectivity index (χ3v) is 4.89. The Bertz CT molecular complexity index is 757. The number of aliphatic carboxylic acids is 1. The van der Waals surface area contributed by atoms with Crippen molar-refractivity contribution in [3.8, 4) is 0 Å². The van der Waals surface area contributed by atoms with Gasteiger partial charge in [0, 0.05) is 0 Å². The number of carboxylic acid groups (broad SMARTS) is 1. The van der Waals surface area contributed by atoms with Gasteiger partial charge in [-0.15, -0.1) is 0 Å². The average Bonchev–Trinajstić information content (AvgIpc) is 2.47. The lowest BCUT2D eigenvalue weighted by atomic mass is 10.1. The molecule has 6 heteroatoms. The van der Waals surface area contributed by atoms with Gasteiger partial charge in [0.1, 0.15) is 0 Å². The van der Waals surface area contributed by atoms with E-state index in [0.717, 1.165) is 0 Å². The van der Waals surface area contributed by atoms with Gasteiger partial charge in [-0.1, -0.05) is 48.5 Å². The van der Waals surface area contributed by atoms with Crippen LogP contribution in [0.1, 0.15) is 23.6 Å². The van der Waals surface area contributed by atoms with Crippen molar-refractivity contribution in [2.24, 2.45) is 0 Å². The third kappa shape index (κ3) is 3.93. The molecule has 0 spiro atoms. The fourth-order valence-corrected chi connectivity index (χ4v) is 3.67. The normalized spacial score (nSPS) is 12.8. The zero-order valence-electron chi connectivity index (χ0n) is 12.1. The zero-order valence-corrected chi connectivity index (χ0v) is 12.9. The molecule has 0 saturated heterocycles. The number of benzene rings is 2. The Labute approximate surface area is 129 Å². The van der Waals surface area contributed by atoms with Gasteiger partial charge in [-0.3, -0.25) is 4.79 Å². The highest BCUT2D eigenvalue weighted by Crippen LogP contribution is 2.21. The molecule has 0 unspecified atom stereocenters. The maximum atomic E-state index is 12.5. The molecule has 2 aromatic carbocycles. The minimum absolute atomic E-state index is 0.154. The number of carboxylic acids is 1. The molecule has 2 N–H and O–H groups in total. The predicted molar refractivity (Wildman–Crippen MR) is 82.9 cm³/mol. The van der Waals surface area contributed by atoms with E-state index >= 15 is 0 Å². The number of nitrogens with one attached hydrogen (secondary N) is 1. The quantitative estimate of drug-likeness (QED) is 0.857. The van der Waals surface area contributed by atoms with Crippen LogP contribution in [0.5, 0.6) is 0 Å². The molecule has 0 amide bonds. The van der Waals surface area contributed by atoms with Crippen LogP contribution in [-0.4, -0.2) is 19.5 Å². The topological polar surface area (TPSA) is 83.5 Å². The Morgan fingerprint density at radius 2 is 1.68 bits per heavy atom. The van der Waals surface area contributed by atoms with E-state index in [0.29, 0.717) is 11.1 Å². The summed E-state index contributed by atoms with van der Waals surface area (Å²) in [6, 6.07) is 14.4. The van der Waals surface area contributed by atoms with Crippen LogP contribution in [0.3, 0.4) is 0 Å². The summed E-state index contributed by atoms with van der Waals surface area (Å²) in [6.45, 7) is 1.70. The van der Waals surface area contributed by atoms with E-state index in [1.54, 1.807) is 55.5 Å². The summed E-state index contributed by atoms with van der Waals surface area (Å²) < 4.78 is 27.5. The lowest BCUT2D eigenvalue weighted by Gasteiger charge is -2.18. The first-order chi connectivity index (χ1) is 10.4. The molecule has 0 aliphatic carbocycles. The summed E-state index contributed by atoms with van der Waals surface area (Å²) >= 11 is 0. The van der Waals surface area contributed by atoms with E-state index in [1.807, 2.05) is 0 Å². The van der Waals surface area contributed by atoms with Crippen LogP contribution in [0.25, 0.3) is 0 Å². The number of aryl methyl sites for hydroxylation is 1. The highest BCUT2D eigenvalue weighted by atomic mass is 32.2. The fraction of sp³-hybridized carbons (Fsp3) is 0.188. The monoisotopic (exact) mass is 319 g/mol. The van der Waals surface area contributed by atoms with Crippen molar-refractivity contribution in [3.63, 3.8) is 0 Å². The Kier molecular flexibility index (Phi) is 4.95. The molecule has 22 heavy (non-hydrogen) atoms. The molecule has 0 aliphatic heterocycles. The summed E-state index contributed by atoms with van der Waals surface area (Å²) in [7, 11) is -3.80. The van der Waals surface area contributed by atoms with Crippen LogP contribution >= 0.6 is 0 Å². The van der Waals surface area contributed by atoms with Crippen LogP contribution in [0.4, 0.5) is 0 Å². The molecule has 0 bridgehead atoms. The van der Waals surface area contributed by atoms with Crippen LogP contribution in [0, 0.1) is 6.92 Å². The number of hydrogen-bond donors (Lipinski definition) is 2. The summed E-state index contributed by atoms with van der Waals surface area (Å²) in [5.41, 5.74) is 1.22. The van der Waals surface area contributed by atoms with Crippen LogP contribution in [-0.2, 0) is 14.8 Å². The van der Waals surface area contributed by atoms with Crippen molar-refractivity contribution in [2.45, 2.75) is 24.3 Å². The van der Waals surface area contributed by atoms with E-state index < -0.39 is 22.0 Å². The summed E-state index contributed by atoms with van der Waals surface area (Å²) in [5, 5.41) is 9.03. The van der Waals surface area contributed by atoms with Crippen molar-refractivity contribution >= 4 is 16.0 Å². The Hall–Kier alpha value is -2.18. The molecular weight excluding hydrogens is 302 g/mol.